The van der Waals surface area contributed by atoms with Gasteiger partial charge in [0.15, 0.2) is 0 Å². The second kappa shape index (κ2) is 7.39. The average Bonchev–Trinajstić information content (AvgIpc) is 2.54. The van der Waals surface area contributed by atoms with Gasteiger partial charge in [0.2, 0.25) is 11.8 Å². The maximum atomic E-state index is 11.8. The van der Waals surface area contributed by atoms with Gasteiger partial charge in [-0.3, -0.25) is 14.4 Å². The van der Waals surface area contributed by atoms with Crippen molar-refractivity contribution in [3.05, 3.63) is 24.3 Å². The van der Waals surface area contributed by atoms with E-state index in [1.165, 1.54) is 0 Å². The fraction of sp³-hybridized carbons (Fsp3) is 0.333. The second-order valence-electron chi connectivity index (χ2n) is 5.27. The number of hydrazone groups is 1. The summed E-state index contributed by atoms with van der Waals surface area (Å²) in [7, 11) is 3.86. The molecule has 0 atom stereocenters. The van der Waals surface area contributed by atoms with E-state index >= 15 is 0 Å². The summed E-state index contributed by atoms with van der Waals surface area (Å²) in [6.45, 7) is -0.165. The summed E-state index contributed by atoms with van der Waals surface area (Å²) in [5, 5.41) is 8.83. The molecule has 0 fully saturated rings. The van der Waals surface area contributed by atoms with Gasteiger partial charge in [-0.25, -0.2) is 5.43 Å². The number of carbonyl (C=O) groups is 3. The summed E-state index contributed by atoms with van der Waals surface area (Å²) in [6.07, 6.45) is 0.488. The van der Waals surface area contributed by atoms with E-state index in [0.717, 1.165) is 5.69 Å². The van der Waals surface area contributed by atoms with E-state index in [1.807, 2.05) is 31.1 Å². The molecule has 0 saturated heterocycles. The maximum absolute atomic E-state index is 11.8. The topological polar surface area (TPSA) is 103 Å². The molecule has 1 heterocycles. The maximum Gasteiger partial charge on any atom is 0.267 e. The van der Waals surface area contributed by atoms with Crippen molar-refractivity contribution in [1.82, 2.24) is 10.7 Å². The monoisotopic (exact) mass is 317 g/mol. The molecule has 0 aliphatic carbocycles. The zero-order valence-corrected chi connectivity index (χ0v) is 13.0. The molecule has 122 valence electrons. The molecule has 23 heavy (non-hydrogen) atoms. The van der Waals surface area contributed by atoms with Crippen molar-refractivity contribution in [2.24, 2.45) is 5.10 Å². The molecule has 0 aromatic heterocycles. The molecule has 8 nitrogen and oxygen atoms in total. The Morgan fingerprint density at radius 2 is 1.91 bits per heavy atom. The van der Waals surface area contributed by atoms with Crippen LogP contribution in [0.25, 0.3) is 0 Å². The third kappa shape index (κ3) is 4.80. The Labute approximate surface area is 133 Å². The Hall–Kier alpha value is -2.90. The van der Waals surface area contributed by atoms with E-state index in [9.17, 15) is 14.4 Å². The molecule has 3 amide bonds. The number of amides is 3. The number of nitrogens with one attached hydrogen (secondary N) is 3. The van der Waals surface area contributed by atoms with Crippen molar-refractivity contribution in [3.8, 4) is 0 Å². The van der Waals surface area contributed by atoms with Crippen molar-refractivity contribution in [2.45, 2.75) is 12.8 Å². The summed E-state index contributed by atoms with van der Waals surface area (Å²) >= 11 is 0. The highest BCUT2D eigenvalue weighted by Gasteiger charge is 2.18. The van der Waals surface area contributed by atoms with Gasteiger partial charge in [-0.1, -0.05) is 0 Å². The first-order chi connectivity index (χ1) is 11.0. The van der Waals surface area contributed by atoms with E-state index in [1.54, 1.807) is 12.1 Å². The number of carbonyl (C=O) groups excluding carboxylic acids is 3. The minimum absolute atomic E-state index is 0.165. The van der Waals surface area contributed by atoms with Crippen LogP contribution in [0.5, 0.6) is 0 Å². The summed E-state index contributed by atoms with van der Waals surface area (Å²) in [6, 6.07) is 7.34. The Morgan fingerprint density at radius 1 is 1.22 bits per heavy atom. The lowest BCUT2D eigenvalue weighted by atomic mass is 10.1. The standard InChI is InChI=1S/C15H19N5O3/c1-20(2)11-5-3-10(4-6-11)17-14(22)9-16-15(23)12-7-8-13(21)19-18-12/h3-6H,7-9H2,1-2H3,(H,16,23)(H,17,22)(H,19,21). The number of rotatable bonds is 5. The van der Waals surface area contributed by atoms with Crippen LogP contribution in [0.2, 0.25) is 0 Å². The molecule has 0 unspecified atom stereocenters. The van der Waals surface area contributed by atoms with Crippen molar-refractivity contribution < 1.29 is 14.4 Å². The largest absolute Gasteiger partial charge is 0.378 e. The fourth-order valence-corrected chi connectivity index (χ4v) is 1.95. The molecule has 3 N–H and O–H groups in total. The molecular formula is C15H19N5O3. The van der Waals surface area contributed by atoms with Crippen LogP contribution in [-0.4, -0.2) is 44.1 Å². The molecule has 0 radical (unpaired) electrons. The van der Waals surface area contributed by atoms with Gasteiger partial charge in [-0.05, 0) is 24.3 Å². The van der Waals surface area contributed by atoms with Crippen LogP contribution < -0.4 is 21.0 Å². The van der Waals surface area contributed by atoms with Crippen molar-refractivity contribution >= 4 is 34.8 Å². The second-order valence-corrected chi connectivity index (χ2v) is 5.27. The van der Waals surface area contributed by atoms with Gasteiger partial charge in [0.1, 0.15) is 5.71 Å². The zero-order chi connectivity index (χ0) is 16.8. The minimum Gasteiger partial charge on any atom is -0.378 e. The summed E-state index contributed by atoms with van der Waals surface area (Å²) in [5.74, 6) is -1.01. The quantitative estimate of drug-likeness (QED) is 0.715. The highest BCUT2D eigenvalue weighted by molar-refractivity contribution is 6.39. The molecule has 8 heteroatoms. The van der Waals surface area contributed by atoms with Gasteiger partial charge in [0.25, 0.3) is 5.91 Å². The molecule has 1 aliphatic heterocycles. The van der Waals surface area contributed by atoms with Crippen molar-refractivity contribution in [3.63, 3.8) is 0 Å². The number of hydrogen-bond donors (Lipinski definition) is 3. The third-order valence-corrected chi connectivity index (χ3v) is 3.24. The van der Waals surface area contributed by atoms with Gasteiger partial charge in [-0.15, -0.1) is 0 Å². The average molecular weight is 317 g/mol. The first-order valence-corrected chi connectivity index (χ1v) is 7.16. The highest BCUT2D eigenvalue weighted by Crippen LogP contribution is 2.15. The van der Waals surface area contributed by atoms with Crippen molar-refractivity contribution in [2.75, 3.05) is 30.9 Å². The SMILES string of the molecule is CN(C)c1ccc(NC(=O)CNC(=O)C2=NNC(=O)CC2)cc1. The molecule has 0 spiro atoms. The van der Waals surface area contributed by atoms with Gasteiger partial charge in [0, 0.05) is 38.3 Å². The van der Waals surface area contributed by atoms with E-state index in [4.69, 9.17) is 0 Å². The van der Waals surface area contributed by atoms with Gasteiger partial charge in [0.05, 0.1) is 6.54 Å². The summed E-state index contributed by atoms with van der Waals surface area (Å²) < 4.78 is 0. The number of benzene rings is 1. The molecule has 1 aromatic rings. The Morgan fingerprint density at radius 3 is 2.48 bits per heavy atom. The lowest BCUT2D eigenvalue weighted by Crippen LogP contribution is -2.40. The zero-order valence-electron chi connectivity index (χ0n) is 13.0. The first-order valence-electron chi connectivity index (χ1n) is 7.16. The Balaban J connectivity index is 1.80. The normalized spacial score (nSPS) is 13.7. The molecule has 1 aliphatic rings. The predicted molar refractivity (Wildman–Crippen MR) is 87.2 cm³/mol. The number of nitrogens with zero attached hydrogens (tertiary/aromatic N) is 2. The van der Waals surface area contributed by atoms with Crippen LogP contribution in [-0.2, 0) is 14.4 Å². The summed E-state index contributed by atoms with van der Waals surface area (Å²) in [4.78, 5) is 36.5. The van der Waals surface area contributed by atoms with E-state index in [-0.39, 0.29) is 36.9 Å². The van der Waals surface area contributed by atoms with Crippen LogP contribution >= 0.6 is 0 Å². The van der Waals surface area contributed by atoms with Crippen LogP contribution in [0.15, 0.2) is 29.4 Å². The smallest absolute Gasteiger partial charge is 0.267 e. The molecule has 0 saturated carbocycles. The Bertz CT molecular complexity index is 637. The van der Waals surface area contributed by atoms with E-state index in [0.29, 0.717) is 5.69 Å². The van der Waals surface area contributed by atoms with Crippen LogP contribution in [0.4, 0.5) is 11.4 Å². The molecule has 2 rings (SSSR count). The van der Waals surface area contributed by atoms with Gasteiger partial charge in [-0.2, -0.15) is 5.10 Å². The highest BCUT2D eigenvalue weighted by atomic mass is 16.2. The fourth-order valence-electron chi connectivity index (χ4n) is 1.95. The van der Waals surface area contributed by atoms with Crippen LogP contribution in [0.3, 0.4) is 0 Å². The number of anilines is 2. The first kappa shape index (κ1) is 16.5. The van der Waals surface area contributed by atoms with Crippen molar-refractivity contribution in [1.29, 1.82) is 0 Å². The number of hydrogen-bond acceptors (Lipinski definition) is 5. The Kier molecular flexibility index (Phi) is 5.29. The van der Waals surface area contributed by atoms with Gasteiger partial charge < -0.3 is 15.5 Å². The third-order valence-electron chi connectivity index (χ3n) is 3.24. The van der Waals surface area contributed by atoms with Gasteiger partial charge >= 0.3 is 0 Å². The minimum atomic E-state index is -0.455. The molecule has 0 bridgehead atoms. The van der Waals surface area contributed by atoms with Crippen LogP contribution in [0.1, 0.15) is 12.8 Å². The molecule has 1 aromatic carbocycles. The molecular weight excluding hydrogens is 298 g/mol. The summed E-state index contributed by atoms with van der Waals surface area (Å²) in [5.41, 5.74) is 4.13. The lowest BCUT2D eigenvalue weighted by Gasteiger charge is -2.13. The van der Waals surface area contributed by atoms with E-state index in [2.05, 4.69) is 21.2 Å². The lowest BCUT2D eigenvalue weighted by molar-refractivity contribution is -0.122. The van der Waals surface area contributed by atoms with E-state index < -0.39 is 5.91 Å². The van der Waals surface area contributed by atoms with Crippen LogP contribution in [0, 0.1) is 0 Å². The predicted octanol–water partition coefficient (Wildman–Crippen LogP) is 0.0733.